The maximum Gasteiger partial charge on any atom is 0.269 e. The monoisotopic (exact) mass is 893 g/mol. The van der Waals surface area contributed by atoms with Gasteiger partial charge in [0, 0.05) is 17.7 Å². The standard InChI is InChI=1S/C24BF20.C9H12NO3S/c26-5-1(6(27)14(35)21(42)13(5)34)25(2-7(28)15(36)22(43)16(37)8(2)29,3-9(30)17(38)23(44)18(39)10(3)31)4-11(32)19(40)24(45)20(41)12(4)33;1-14(2,13)7-8-4-3-5-9(6-8)10(11)12/h;3-6H,7H2,1-2H3/q-1;+1. The number of halogens is 20. The normalized spacial score (nSPS) is 11.8. The molecule has 0 radical (unpaired) electrons. The fraction of sp³-hybridized carbons (Fsp3) is 0.0909. The SMILES string of the molecule is C[S+](C)(=O)Cc1cccc([N+](=O)[O-])c1.Fc1c(F)c(F)c([B-](c2c(F)c(F)c(F)c(F)c2F)(c2c(F)c(F)c(F)c(F)c2F)c2c(F)c(F)c(F)c(F)c2F)c(F)c1F. The van der Waals surface area contributed by atoms with Crippen LogP contribution in [0.5, 0.6) is 0 Å². The molecule has 26 heteroatoms. The molecule has 0 fully saturated rings. The minimum absolute atomic E-state index is 0.0474. The third kappa shape index (κ3) is 7.45. The Morgan fingerprint density at radius 3 is 0.864 bits per heavy atom. The van der Waals surface area contributed by atoms with Gasteiger partial charge in [-0.2, -0.15) is 0 Å². The third-order valence-electron chi connectivity index (χ3n) is 8.34. The van der Waals surface area contributed by atoms with Gasteiger partial charge in [0.1, 0.15) is 70.9 Å². The van der Waals surface area contributed by atoms with Gasteiger partial charge < -0.3 is 0 Å². The zero-order valence-electron chi connectivity index (χ0n) is 28.2. The molecule has 0 saturated heterocycles. The molecule has 0 aliphatic carbocycles. The molecule has 0 amide bonds. The molecule has 0 aliphatic heterocycles. The van der Waals surface area contributed by atoms with Crippen LogP contribution in [0.1, 0.15) is 5.56 Å². The number of hydrogen-bond acceptors (Lipinski definition) is 3. The number of rotatable bonds is 7. The smallest absolute Gasteiger partial charge is 0.258 e. The summed E-state index contributed by atoms with van der Waals surface area (Å²) in [6.07, 6.45) is -3.93. The molecule has 316 valence electrons. The van der Waals surface area contributed by atoms with Crippen LogP contribution in [0.2, 0.25) is 0 Å². The minimum Gasteiger partial charge on any atom is -0.258 e. The molecule has 0 N–H and O–H groups in total. The molecular formula is C33H12BF20NO3S. The lowest BCUT2D eigenvalue weighted by Gasteiger charge is -2.44. The Hall–Kier alpha value is -5.69. The molecule has 0 heterocycles. The largest absolute Gasteiger partial charge is 0.269 e. The van der Waals surface area contributed by atoms with Crippen molar-refractivity contribution >= 4 is 43.6 Å². The summed E-state index contributed by atoms with van der Waals surface area (Å²) in [4.78, 5) is 10.0. The Labute approximate surface area is 315 Å². The molecule has 0 bridgehead atoms. The van der Waals surface area contributed by atoms with Crippen LogP contribution in [-0.2, 0) is 19.9 Å². The van der Waals surface area contributed by atoms with E-state index < -0.39 is 159 Å². The Morgan fingerprint density at radius 1 is 0.441 bits per heavy atom. The van der Waals surface area contributed by atoms with E-state index in [4.69, 9.17) is 0 Å². The number of benzene rings is 5. The van der Waals surface area contributed by atoms with E-state index >= 15 is 35.1 Å². The minimum atomic E-state index is -7.22. The van der Waals surface area contributed by atoms with Crippen LogP contribution in [0.3, 0.4) is 0 Å². The van der Waals surface area contributed by atoms with Gasteiger partial charge in [-0.1, -0.05) is 12.1 Å². The van der Waals surface area contributed by atoms with Crippen molar-refractivity contribution in [2.24, 2.45) is 0 Å². The van der Waals surface area contributed by atoms with Crippen molar-refractivity contribution in [2.75, 3.05) is 12.5 Å². The summed E-state index contributed by atoms with van der Waals surface area (Å²) in [7, 11) is -1.89. The lowest BCUT2D eigenvalue weighted by Crippen LogP contribution is -2.81. The van der Waals surface area contributed by atoms with E-state index in [9.17, 15) is 67.0 Å². The van der Waals surface area contributed by atoms with E-state index in [0.29, 0.717) is 5.75 Å². The van der Waals surface area contributed by atoms with Crippen LogP contribution < -0.4 is 21.9 Å². The van der Waals surface area contributed by atoms with Crippen molar-refractivity contribution in [1.82, 2.24) is 0 Å². The average molecular weight is 893 g/mol. The van der Waals surface area contributed by atoms with Crippen LogP contribution in [0.25, 0.3) is 0 Å². The predicted octanol–water partition coefficient (Wildman–Crippen LogP) is 7.70. The van der Waals surface area contributed by atoms with Gasteiger partial charge in [0.15, 0.2) is 69.8 Å². The van der Waals surface area contributed by atoms with Crippen LogP contribution in [0, 0.1) is 126 Å². The molecule has 0 atom stereocenters. The molecular weight excluding hydrogens is 881 g/mol. The molecule has 5 aromatic carbocycles. The molecule has 0 spiro atoms. The average Bonchev–Trinajstić information content (AvgIpc) is 3.17. The van der Waals surface area contributed by atoms with Crippen molar-refractivity contribution in [3.63, 3.8) is 0 Å². The lowest BCUT2D eigenvalue weighted by atomic mass is 9.12. The van der Waals surface area contributed by atoms with Crippen molar-refractivity contribution < 1.29 is 96.9 Å². The first-order valence-corrected chi connectivity index (χ1v) is 17.5. The van der Waals surface area contributed by atoms with Gasteiger partial charge in [-0.3, -0.25) is 10.1 Å². The summed E-state index contributed by atoms with van der Waals surface area (Å²) < 4.78 is 305. The van der Waals surface area contributed by atoms with Gasteiger partial charge in [-0.05, 0) is 0 Å². The van der Waals surface area contributed by atoms with Crippen molar-refractivity contribution in [2.45, 2.75) is 5.75 Å². The molecule has 4 nitrogen and oxygen atoms in total. The second-order valence-electron chi connectivity index (χ2n) is 12.3. The second-order valence-corrected chi connectivity index (χ2v) is 15.5. The maximum absolute atomic E-state index is 15.4. The fourth-order valence-electron chi connectivity index (χ4n) is 6.04. The summed E-state index contributed by atoms with van der Waals surface area (Å²) in [6, 6.07) is 6.25. The van der Waals surface area contributed by atoms with E-state index in [1.54, 1.807) is 24.6 Å². The van der Waals surface area contributed by atoms with Gasteiger partial charge >= 0.3 is 0 Å². The summed E-state index contributed by atoms with van der Waals surface area (Å²) in [5.41, 5.74) is -13.5. The molecule has 0 unspecified atom stereocenters. The highest BCUT2D eigenvalue weighted by molar-refractivity contribution is 8.00. The number of nitro benzene ring substituents is 1. The van der Waals surface area contributed by atoms with Gasteiger partial charge in [0.05, 0.1) is 14.9 Å². The van der Waals surface area contributed by atoms with Gasteiger partial charge in [-0.25, -0.2) is 87.8 Å². The van der Waals surface area contributed by atoms with Crippen LogP contribution >= 0.6 is 0 Å². The first-order chi connectivity index (χ1) is 27.1. The highest BCUT2D eigenvalue weighted by Gasteiger charge is 2.52. The maximum atomic E-state index is 15.4. The highest BCUT2D eigenvalue weighted by Crippen LogP contribution is 2.31. The first kappa shape index (κ1) is 46.0. The molecule has 5 aromatic rings. The zero-order chi connectivity index (χ0) is 45.1. The Bertz CT molecular complexity index is 2250. The lowest BCUT2D eigenvalue weighted by molar-refractivity contribution is -0.384. The molecule has 0 aliphatic rings. The Balaban J connectivity index is 0.000000464. The topological polar surface area (TPSA) is 60.2 Å². The fourth-order valence-corrected chi connectivity index (χ4v) is 7.02. The van der Waals surface area contributed by atoms with Crippen LogP contribution in [-0.4, -0.2) is 23.6 Å². The van der Waals surface area contributed by atoms with Gasteiger partial charge in [0.2, 0.25) is 0 Å². The molecule has 5 rings (SSSR count). The summed E-state index contributed by atoms with van der Waals surface area (Å²) >= 11 is 0. The first-order valence-electron chi connectivity index (χ1n) is 15.0. The van der Waals surface area contributed by atoms with Gasteiger partial charge in [-0.15, -0.1) is 26.1 Å². The quantitative estimate of drug-likeness (QED) is 0.0321. The van der Waals surface area contributed by atoms with Gasteiger partial charge in [0.25, 0.3) is 5.69 Å². The molecule has 59 heavy (non-hydrogen) atoms. The highest BCUT2D eigenvalue weighted by atomic mass is 32.2. The van der Waals surface area contributed by atoms with Crippen molar-refractivity contribution in [3.05, 3.63) is 156 Å². The van der Waals surface area contributed by atoms with E-state index in [0.717, 1.165) is 5.56 Å². The number of non-ortho nitro benzene ring substituents is 1. The van der Waals surface area contributed by atoms with E-state index in [1.807, 2.05) is 0 Å². The summed E-state index contributed by atoms with van der Waals surface area (Å²) in [5.74, 6) is -71.0. The van der Waals surface area contributed by atoms with Crippen molar-refractivity contribution in [1.29, 1.82) is 0 Å². The molecule has 0 saturated carbocycles. The molecule has 0 aromatic heterocycles. The van der Waals surface area contributed by atoms with Crippen molar-refractivity contribution in [3.8, 4) is 0 Å². The van der Waals surface area contributed by atoms with E-state index in [-0.39, 0.29) is 5.69 Å². The summed E-state index contributed by atoms with van der Waals surface area (Å²) in [5, 5.41) is 10.5. The van der Waals surface area contributed by atoms with E-state index in [2.05, 4.69) is 0 Å². The predicted molar refractivity (Wildman–Crippen MR) is 166 cm³/mol. The Kier molecular flexibility index (Phi) is 12.6. The summed E-state index contributed by atoms with van der Waals surface area (Å²) in [6.45, 7) is 0. The zero-order valence-corrected chi connectivity index (χ0v) is 29.0. The van der Waals surface area contributed by atoms with Crippen LogP contribution in [0.4, 0.5) is 93.5 Å². The van der Waals surface area contributed by atoms with Crippen LogP contribution in [0.15, 0.2) is 24.3 Å². The number of hydrogen-bond donors (Lipinski definition) is 0. The third-order valence-corrected chi connectivity index (χ3v) is 9.37. The Morgan fingerprint density at radius 2 is 0.661 bits per heavy atom. The second kappa shape index (κ2) is 16.2. The number of nitro groups is 1. The van der Waals surface area contributed by atoms with E-state index in [1.165, 1.54) is 12.1 Å². The number of nitrogens with zero attached hydrogens (tertiary/aromatic N) is 1.